The predicted molar refractivity (Wildman–Crippen MR) is 124 cm³/mol. The fraction of sp³-hybridized carbons (Fsp3) is 0.167. The van der Waals surface area contributed by atoms with E-state index < -0.39 is 0 Å². The number of nitrogens with zero attached hydrogens (tertiary/aromatic N) is 2. The average molecular weight is 422 g/mol. The summed E-state index contributed by atoms with van der Waals surface area (Å²) in [7, 11) is 0. The van der Waals surface area contributed by atoms with Crippen LogP contribution in [0.5, 0.6) is 0 Å². The van der Waals surface area contributed by atoms with E-state index in [9.17, 15) is 0 Å². The summed E-state index contributed by atoms with van der Waals surface area (Å²) in [5.74, 6) is 0.890. The van der Waals surface area contributed by atoms with Gasteiger partial charge in [-0.15, -0.1) is 0 Å². The first-order chi connectivity index (χ1) is 13.9. The Morgan fingerprint density at radius 3 is 2.28 bits per heavy atom. The lowest BCUT2D eigenvalue weighted by Gasteiger charge is -2.13. The summed E-state index contributed by atoms with van der Waals surface area (Å²) in [5.41, 5.74) is 5.83. The summed E-state index contributed by atoms with van der Waals surface area (Å²) < 4.78 is 0. The molecular weight excluding hydrogens is 401 g/mol. The summed E-state index contributed by atoms with van der Waals surface area (Å²) in [6.45, 7) is 6.30. The first kappa shape index (κ1) is 19.7. The molecule has 29 heavy (non-hydrogen) atoms. The van der Waals surface area contributed by atoms with Gasteiger partial charge in [0.1, 0.15) is 5.82 Å². The number of rotatable bonds is 4. The van der Waals surface area contributed by atoms with Crippen LogP contribution in [0.1, 0.15) is 19.4 Å². The van der Waals surface area contributed by atoms with Crippen LogP contribution in [0.3, 0.4) is 0 Å². The normalized spacial score (nSPS) is 11.2. The van der Waals surface area contributed by atoms with E-state index in [1.165, 1.54) is 0 Å². The van der Waals surface area contributed by atoms with Crippen LogP contribution in [-0.2, 0) is 0 Å². The van der Waals surface area contributed by atoms with Gasteiger partial charge >= 0.3 is 0 Å². The van der Waals surface area contributed by atoms with Crippen molar-refractivity contribution in [2.24, 2.45) is 0 Å². The molecular formula is C24H21Cl2N3. The van der Waals surface area contributed by atoms with Gasteiger partial charge in [-0.05, 0) is 68.3 Å². The number of aromatic nitrogens is 2. The zero-order valence-corrected chi connectivity index (χ0v) is 18.0. The van der Waals surface area contributed by atoms with Gasteiger partial charge in [-0.3, -0.25) is 4.98 Å². The minimum atomic E-state index is 0.334. The Hall–Kier alpha value is -2.62. The van der Waals surface area contributed by atoms with Crippen LogP contribution in [0, 0.1) is 6.92 Å². The molecule has 4 rings (SSSR count). The van der Waals surface area contributed by atoms with Gasteiger partial charge in [-0.1, -0.05) is 41.4 Å². The van der Waals surface area contributed by atoms with Gasteiger partial charge < -0.3 is 5.32 Å². The van der Waals surface area contributed by atoms with E-state index in [1.54, 1.807) is 0 Å². The smallest absolute Gasteiger partial charge is 0.127 e. The molecule has 2 aromatic heterocycles. The molecule has 0 amide bonds. The third-order valence-corrected chi connectivity index (χ3v) is 5.28. The molecule has 0 aliphatic rings. The van der Waals surface area contributed by atoms with E-state index in [4.69, 9.17) is 28.2 Å². The molecule has 0 unspecified atom stereocenters. The minimum absolute atomic E-state index is 0.334. The van der Waals surface area contributed by atoms with Crippen molar-refractivity contribution in [2.75, 3.05) is 5.32 Å². The number of halogens is 2. The number of fused-ring (bicyclic) bond motifs is 1. The second-order valence-corrected chi connectivity index (χ2v) is 8.26. The lowest BCUT2D eigenvalue weighted by molar-refractivity contribution is 0.891. The zero-order valence-electron chi connectivity index (χ0n) is 16.5. The molecule has 146 valence electrons. The number of hydrogen-bond donors (Lipinski definition) is 1. The molecule has 4 aromatic rings. The maximum absolute atomic E-state index is 6.60. The van der Waals surface area contributed by atoms with Gasteiger partial charge in [0.05, 0.1) is 16.2 Å². The monoisotopic (exact) mass is 421 g/mol. The summed E-state index contributed by atoms with van der Waals surface area (Å²) in [6.07, 6.45) is 1.84. The maximum atomic E-state index is 6.60. The predicted octanol–water partition coefficient (Wildman–Crippen LogP) is 7.40. The highest BCUT2D eigenvalue weighted by Gasteiger charge is 2.11. The van der Waals surface area contributed by atoms with Crippen LogP contribution in [-0.4, -0.2) is 16.0 Å². The third-order valence-electron chi connectivity index (χ3n) is 4.74. The number of aryl methyl sites for hydroxylation is 1. The van der Waals surface area contributed by atoms with E-state index >= 15 is 0 Å². The van der Waals surface area contributed by atoms with Crippen molar-refractivity contribution in [1.82, 2.24) is 9.97 Å². The number of anilines is 1. The lowest BCUT2D eigenvalue weighted by atomic mass is 10.0. The number of benzene rings is 2. The Morgan fingerprint density at radius 1 is 0.862 bits per heavy atom. The lowest BCUT2D eigenvalue weighted by Crippen LogP contribution is -2.11. The molecule has 0 atom stereocenters. The van der Waals surface area contributed by atoms with Crippen molar-refractivity contribution in [3.63, 3.8) is 0 Å². The largest absolute Gasteiger partial charge is 0.368 e. The van der Waals surface area contributed by atoms with E-state index in [-0.39, 0.29) is 0 Å². The molecule has 0 radical (unpaired) electrons. The fourth-order valence-corrected chi connectivity index (χ4v) is 3.76. The summed E-state index contributed by atoms with van der Waals surface area (Å²) in [5, 5.41) is 5.78. The Kier molecular flexibility index (Phi) is 5.44. The van der Waals surface area contributed by atoms with Crippen LogP contribution in [0.15, 0.2) is 60.8 Å². The van der Waals surface area contributed by atoms with Gasteiger partial charge in [0.2, 0.25) is 0 Å². The first-order valence-electron chi connectivity index (χ1n) is 9.50. The second kappa shape index (κ2) is 8.02. The van der Waals surface area contributed by atoms with E-state index in [2.05, 4.69) is 43.2 Å². The minimum Gasteiger partial charge on any atom is -0.368 e. The number of pyridine rings is 2. The molecule has 0 spiro atoms. The van der Waals surface area contributed by atoms with Crippen LogP contribution >= 0.6 is 23.2 Å². The van der Waals surface area contributed by atoms with Gasteiger partial charge in [-0.2, -0.15) is 0 Å². The van der Waals surface area contributed by atoms with Gasteiger partial charge in [-0.25, -0.2) is 4.98 Å². The molecule has 1 N–H and O–H groups in total. The Labute approximate surface area is 180 Å². The maximum Gasteiger partial charge on any atom is 0.127 e. The molecule has 2 heterocycles. The highest BCUT2D eigenvalue weighted by Crippen LogP contribution is 2.33. The van der Waals surface area contributed by atoms with Crippen molar-refractivity contribution in [1.29, 1.82) is 0 Å². The first-order valence-corrected chi connectivity index (χ1v) is 10.3. The molecule has 0 saturated heterocycles. The van der Waals surface area contributed by atoms with Crippen molar-refractivity contribution in [3.8, 4) is 22.4 Å². The number of hydrogen-bond acceptors (Lipinski definition) is 3. The Balaban J connectivity index is 1.72. The quantitative estimate of drug-likeness (QED) is 0.372. The zero-order chi connectivity index (χ0) is 20.5. The van der Waals surface area contributed by atoms with Crippen LogP contribution in [0.2, 0.25) is 10.0 Å². The topological polar surface area (TPSA) is 37.8 Å². The van der Waals surface area contributed by atoms with Crippen LogP contribution in [0.25, 0.3) is 33.3 Å². The molecule has 3 nitrogen and oxygen atoms in total. The second-order valence-electron chi connectivity index (χ2n) is 7.42. The van der Waals surface area contributed by atoms with Crippen molar-refractivity contribution in [3.05, 3.63) is 76.4 Å². The fourth-order valence-electron chi connectivity index (χ4n) is 3.36. The SMILES string of the molecule is Cc1cc(NC(C)C)nc2ccc(-c3ncc(-c4ccc(Cl)cc4)cc3Cl)cc12. The molecule has 0 fully saturated rings. The van der Waals surface area contributed by atoms with Crippen LogP contribution < -0.4 is 5.32 Å². The third kappa shape index (κ3) is 4.21. The Morgan fingerprint density at radius 2 is 1.59 bits per heavy atom. The van der Waals surface area contributed by atoms with Crippen LogP contribution in [0.4, 0.5) is 5.82 Å². The summed E-state index contributed by atoms with van der Waals surface area (Å²) >= 11 is 12.6. The van der Waals surface area contributed by atoms with Crippen molar-refractivity contribution >= 4 is 39.9 Å². The van der Waals surface area contributed by atoms with E-state index in [0.717, 1.165) is 44.7 Å². The van der Waals surface area contributed by atoms with Crippen molar-refractivity contribution < 1.29 is 0 Å². The average Bonchev–Trinajstić information content (AvgIpc) is 2.68. The van der Waals surface area contributed by atoms with Gasteiger partial charge in [0.25, 0.3) is 0 Å². The molecule has 0 bridgehead atoms. The Bertz CT molecular complexity index is 1180. The molecule has 5 heteroatoms. The van der Waals surface area contributed by atoms with Crippen molar-refractivity contribution in [2.45, 2.75) is 26.8 Å². The molecule has 2 aromatic carbocycles. The molecule has 0 aliphatic carbocycles. The van der Waals surface area contributed by atoms with Gasteiger partial charge in [0.15, 0.2) is 0 Å². The van der Waals surface area contributed by atoms with E-state index in [0.29, 0.717) is 16.1 Å². The van der Waals surface area contributed by atoms with Gasteiger partial charge in [0, 0.05) is 33.8 Å². The standard InChI is InChI=1S/C24H21Cl2N3/c1-14(2)28-23-10-15(3)20-11-17(6-9-22(20)29-23)24-21(26)12-18(13-27-24)16-4-7-19(25)8-5-16/h4-14H,1-3H3,(H,28,29). The molecule has 0 saturated carbocycles. The number of nitrogens with one attached hydrogen (secondary N) is 1. The highest BCUT2D eigenvalue weighted by atomic mass is 35.5. The highest BCUT2D eigenvalue weighted by molar-refractivity contribution is 6.33. The van der Waals surface area contributed by atoms with E-state index in [1.807, 2.05) is 48.7 Å². The molecule has 0 aliphatic heterocycles. The summed E-state index contributed by atoms with van der Waals surface area (Å²) in [4.78, 5) is 9.36. The summed E-state index contributed by atoms with van der Waals surface area (Å²) in [6, 6.07) is 18.1.